The second-order valence-corrected chi connectivity index (χ2v) is 6.73. The normalized spacial score (nSPS) is 15.4. The Kier molecular flexibility index (Phi) is 5.13. The highest BCUT2D eigenvalue weighted by Gasteiger charge is 2.33. The Balaban J connectivity index is 1.63. The summed E-state index contributed by atoms with van der Waals surface area (Å²) in [4.78, 5) is 20.7. The van der Waals surface area contributed by atoms with Crippen LogP contribution < -0.4 is 4.90 Å². The van der Waals surface area contributed by atoms with Gasteiger partial charge in [0.05, 0.1) is 10.7 Å². The van der Waals surface area contributed by atoms with Gasteiger partial charge in [-0.2, -0.15) is 13.9 Å². The molecule has 1 aliphatic heterocycles. The predicted octanol–water partition coefficient (Wildman–Crippen LogP) is 2.70. The molecule has 1 fully saturated rings. The number of piperazine rings is 1. The van der Waals surface area contributed by atoms with E-state index >= 15 is 0 Å². The summed E-state index contributed by atoms with van der Waals surface area (Å²) in [6, 6.07) is 5.71. The number of carbonyl (C=O) groups excluding carboxylic acids is 1. The fraction of sp³-hybridized carbons (Fsp3) is 0.471. The molecule has 3 heterocycles. The SMILES string of the molecule is Cc1c(Cl)c(C(C)(F)F)nn1CC(=O)N1CCN(c2ccccn2)CC1. The molecule has 26 heavy (non-hydrogen) atoms. The molecule has 0 spiro atoms. The van der Waals surface area contributed by atoms with Gasteiger partial charge in [0, 0.05) is 39.3 Å². The van der Waals surface area contributed by atoms with Gasteiger partial charge in [-0.25, -0.2) is 4.98 Å². The molecule has 9 heteroatoms. The van der Waals surface area contributed by atoms with Crippen LogP contribution in [0.3, 0.4) is 0 Å². The average molecular weight is 384 g/mol. The van der Waals surface area contributed by atoms with E-state index in [1.54, 1.807) is 18.0 Å². The lowest BCUT2D eigenvalue weighted by Crippen LogP contribution is -2.50. The summed E-state index contributed by atoms with van der Waals surface area (Å²) in [6.07, 6.45) is 1.73. The molecule has 0 saturated carbocycles. The Morgan fingerprint density at radius 2 is 1.96 bits per heavy atom. The molecule has 0 N–H and O–H groups in total. The first-order valence-electron chi connectivity index (χ1n) is 8.32. The van der Waals surface area contributed by atoms with E-state index in [-0.39, 0.29) is 17.5 Å². The molecule has 2 aromatic rings. The number of anilines is 1. The monoisotopic (exact) mass is 383 g/mol. The smallest absolute Gasteiger partial charge is 0.290 e. The summed E-state index contributed by atoms with van der Waals surface area (Å²) in [7, 11) is 0. The van der Waals surface area contributed by atoms with E-state index in [4.69, 9.17) is 11.6 Å². The van der Waals surface area contributed by atoms with Gasteiger partial charge in [-0.3, -0.25) is 9.48 Å². The predicted molar refractivity (Wildman–Crippen MR) is 94.6 cm³/mol. The van der Waals surface area contributed by atoms with Gasteiger partial charge in [-0.1, -0.05) is 17.7 Å². The maximum atomic E-state index is 13.5. The molecule has 2 aromatic heterocycles. The number of hydrogen-bond donors (Lipinski definition) is 0. The van der Waals surface area contributed by atoms with Gasteiger partial charge < -0.3 is 9.80 Å². The van der Waals surface area contributed by atoms with Crippen LogP contribution in [0.25, 0.3) is 0 Å². The second-order valence-electron chi connectivity index (χ2n) is 6.35. The van der Waals surface area contributed by atoms with Crippen LogP contribution in [0.2, 0.25) is 5.02 Å². The van der Waals surface area contributed by atoms with Crippen molar-refractivity contribution in [3.8, 4) is 0 Å². The lowest BCUT2D eigenvalue weighted by atomic mass is 10.2. The minimum absolute atomic E-state index is 0.0923. The topological polar surface area (TPSA) is 54.3 Å². The third-order valence-electron chi connectivity index (χ3n) is 4.44. The van der Waals surface area contributed by atoms with Crippen molar-refractivity contribution >= 4 is 23.3 Å². The largest absolute Gasteiger partial charge is 0.353 e. The van der Waals surface area contributed by atoms with Gasteiger partial charge in [-0.15, -0.1) is 0 Å². The molecule has 6 nitrogen and oxygen atoms in total. The van der Waals surface area contributed by atoms with Crippen LogP contribution in [0.1, 0.15) is 18.3 Å². The fourth-order valence-electron chi connectivity index (χ4n) is 2.91. The Hall–Kier alpha value is -2.22. The van der Waals surface area contributed by atoms with Crippen molar-refractivity contribution in [1.29, 1.82) is 0 Å². The number of rotatable bonds is 4. The number of aromatic nitrogens is 3. The zero-order chi connectivity index (χ0) is 18.9. The molecular formula is C17H20ClF2N5O. The molecule has 3 rings (SSSR count). The number of amides is 1. The Labute approximate surface area is 155 Å². The quantitative estimate of drug-likeness (QED) is 0.814. The molecule has 0 unspecified atom stereocenters. The molecule has 1 aliphatic rings. The molecule has 0 radical (unpaired) electrons. The first-order chi connectivity index (χ1) is 12.3. The highest BCUT2D eigenvalue weighted by atomic mass is 35.5. The van der Waals surface area contributed by atoms with Crippen LogP contribution in [0.15, 0.2) is 24.4 Å². The highest BCUT2D eigenvalue weighted by molar-refractivity contribution is 6.32. The fourth-order valence-corrected chi connectivity index (χ4v) is 3.21. The summed E-state index contributed by atoms with van der Waals surface area (Å²) in [5, 5.41) is 3.75. The Bertz CT molecular complexity index is 782. The van der Waals surface area contributed by atoms with E-state index < -0.39 is 11.6 Å². The molecular weight excluding hydrogens is 364 g/mol. The zero-order valence-corrected chi connectivity index (χ0v) is 15.4. The van der Waals surface area contributed by atoms with Crippen molar-refractivity contribution in [2.24, 2.45) is 0 Å². The van der Waals surface area contributed by atoms with Crippen LogP contribution in [-0.2, 0) is 17.3 Å². The zero-order valence-electron chi connectivity index (χ0n) is 14.6. The number of hydrogen-bond acceptors (Lipinski definition) is 4. The average Bonchev–Trinajstić information content (AvgIpc) is 2.91. The van der Waals surface area contributed by atoms with Gasteiger partial charge in [0.25, 0.3) is 5.92 Å². The van der Waals surface area contributed by atoms with Crippen LogP contribution in [0.4, 0.5) is 14.6 Å². The number of halogens is 3. The summed E-state index contributed by atoms with van der Waals surface area (Å²) >= 11 is 5.95. The van der Waals surface area contributed by atoms with Gasteiger partial charge in [0.2, 0.25) is 5.91 Å². The van der Waals surface area contributed by atoms with Crippen molar-refractivity contribution in [1.82, 2.24) is 19.7 Å². The summed E-state index contributed by atoms with van der Waals surface area (Å²) in [5.41, 5.74) is -0.131. The van der Waals surface area contributed by atoms with Crippen LogP contribution in [0, 0.1) is 6.92 Å². The summed E-state index contributed by atoms with van der Waals surface area (Å²) in [5.74, 6) is -2.44. The van der Waals surface area contributed by atoms with Crippen molar-refractivity contribution in [3.63, 3.8) is 0 Å². The second kappa shape index (κ2) is 7.19. The lowest BCUT2D eigenvalue weighted by molar-refractivity contribution is -0.132. The minimum atomic E-state index is -3.15. The lowest BCUT2D eigenvalue weighted by Gasteiger charge is -2.35. The van der Waals surface area contributed by atoms with E-state index in [0.29, 0.717) is 31.9 Å². The van der Waals surface area contributed by atoms with E-state index in [1.807, 2.05) is 18.2 Å². The molecule has 0 atom stereocenters. The Morgan fingerprint density at radius 1 is 1.27 bits per heavy atom. The van der Waals surface area contributed by atoms with Gasteiger partial charge in [0.15, 0.2) is 0 Å². The summed E-state index contributed by atoms with van der Waals surface area (Å²) < 4.78 is 28.3. The van der Waals surface area contributed by atoms with E-state index in [9.17, 15) is 13.6 Å². The standard InChI is InChI=1S/C17H20ClF2N5O/c1-12-15(18)16(17(2,19)20)22-25(12)11-14(26)24-9-7-23(8-10-24)13-5-3-4-6-21-13/h3-6H,7-11H2,1-2H3. The van der Waals surface area contributed by atoms with Crippen molar-refractivity contribution in [3.05, 3.63) is 40.8 Å². The maximum absolute atomic E-state index is 13.5. The molecule has 0 bridgehead atoms. The van der Waals surface area contributed by atoms with Gasteiger partial charge >= 0.3 is 0 Å². The number of pyridine rings is 1. The van der Waals surface area contributed by atoms with Crippen molar-refractivity contribution in [2.45, 2.75) is 26.3 Å². The number of carbonyl (C=O) groups is 1. The van der Waals surface area contributed by atoms with E-state index in [2.05, 4.69) is 15.0 Å². The third-order valence-corrected chi connectivity index (χ3v) is 4.89. The van der Waals surface area contributed by atoms with Crippen LogP contribution in [0.5, 0.6) is 0 Å². The minimum Gasteiger partial charge on any atom is -0.353 e. The number of nitrogens with zero attached hydrogens (tertiary/aromatic N) is 5. The van der Waals surface area contributed by atoms with E-state index in [1.165, 1.54) is 4.68 Å². The maximum Gasteiger partial charge on any atom is 0.290 e. The van der Waals surface area contributed by atoms with Crippen LogP contribution >= 0.6 is 11.6 Å². The van der Waals surface area contributed by atoms with Gasteiger partial charge in [0.1, 0.15) is 18.1 Å². The van der Waals surface area contributed by atoms with Crippen molar-refractivity contribution in [2.75, 3.05) is 31.1 Å². The first-order valence-corrected chi connectivity index (χ1v) is 8.70. The summed E-state index contributed by atoms with van der Waals surface area (Å²) in [6.45, 7) is 4.63. The molecule has 0 aromatic carbocycles. The first kappa shape index (κ1) is 18.6. The highest BCUT2D eigenvalue weighted by Crippen LogP contribution is 2.33. The van der Waals surface area contributed by atoms with Crippen LogP contribution in [-0.4, -0.2) is 51.8 Å². The third kappa shape index (κ3) is 3.80. The molecule has 140 valence electrons. The molecule has 1 amide bonds. The molecule has 1 saturated heterocycles. The van der Waals surface area contributed by atoms with E-state index in [0.717, 1.165) is 12.7 Å². The Morgan fingerprint density at radius 3 is 2.50 bits per heavy atom. The van der Waals surface area contributed by atoms with Gasteiger partial charge in [-0.05, 0) is 19.1 Å². The number of alkyl halides is 2. The molecule has 0 aliphatic carbocycles. The van der Waals surface area contributed by atoms with Crippen molar-refractivity contribution < 1.29 is 13.6 Å².